The van der Waals surface area contributed by atoms with E-state index >= 15 is 0 Å². The van der Waals surface area contributed by atoms with Crippen LogP contribution < -0.4 is 0 Å². The Morgan fingerprint density at radius 2 is 1.78 bits per heavy atom. The van der Waals surface area contributed by atoms with Crippen LogP contribution in [0.4, 0.5) is 0 Å². The van der Waals surface area contributed by atoms with Gasteiger partial charge in [0.15, 0.2) is 6.10 Å². The lowest BCUT2D eigenvalue weighted by atomic mass is 10.1. The van der Waals surface area contributed by atoms with Crippen molar-refractivity contribution in [2.75, 3.05) is 0 Å². The van der Waals surface area contributed by atoms with Gasteiger partial charge < -0.3 is 4.74 Å². The van der Waals surface area contributed by atoms with Crippen molar-refractivity contribution >= 4 is 23.4 Å². The number of Topliss-reactive ketones (excluding diaryl/α,β-unsaturated/α-hetero) is 1. The molecule has 6 heteroatoms. The molecular formula is C21H19ClN2O3. The second kappa shape index (κ2) is 7.76. The van der Waals surface area contributed by atoms with Gasteiger partial charge >= 0.3 is 5.97 Å². The molecule has 27 heavy (non-hydrogen) atoms. The summed E-state index contributed by atoms with van der Waals surface area (Å²) in [7, 11) is 0. The molecule has 0 saturated carbocycles. The van der Waals surface area contributed by atoms with E-state index in [1.54, 1.807) is 49.7 Å². The summed E-state index contributed by atoms with van der Waals surface area (Å²) in [5, 5.41) is 4.89. The van der Waals surface area contributed by atoms with E-state index in [2.05, 4.69) is 5.10 Å². The smallest absolute Gasteiger partial charge is 0.342 e. The molecule has 0 fully saturated rings. The van der Waals surface area contributed by atoms with E-state index < -0.39 is 12.1 Å². The fraction of sp³-hybridized carbons (Fsp3) is 0.190. The normalized spacial score (nSPS) is 11.9. The number of aryl methyl sites for hydroxylation is 1. The predicted molar refractivity (Wildman–Crippen MR) is 104 cm³/mol. The van der Waals surface area contributed by atoms with Gasteiger partial charge in [0.2, 0.25) is 5.78 Å². The highest BCUT2D eigenvalue weighted by Gasteiger charge is 2.25. The summed E-state index contributed by atoms with van der Waals surface area (Å²) in [5.41, 5.74) is 2.82. The molecule has 0 radical (unpaired) electrons. The predicted octanol–water partition coefficient (Wildman–Crippen LogP) is 4.57. The molecule has 1 unspecified atom stereocenters. The third-order valence-electron chi connectivity index (χ3n) is 4.26. The lowest BCUT2D eigenvalue weighted by molar-refractivity contribution is 0.0317. The molecule has 1 atom stereocenters. The number of hydrogen-bond acceptors (Lipinski definition) is 4. The van der Waals surface area contributed by atoms with E-state index in [-0.39, 0.29) is 5.78 Å². The van der Waals surface area contributed by atoms with Crippen molar-refractivity contribution in [2.45, 2.75) is 26.9 Å². The number of para-hydroxylation sites is 1. The van der Waals surface area contributed by atoms with Crippen molar-refractivity contribution in [2.24, 2.45) is 0 Å². The van der Waals surface area contributed by atoms with Crippen LogP contribution in [0.1, 0.15) is 39.0 Å². The second-order valence-electron chi connectivity index (χ2n) is 6.22. The molecule has 0 aliphatic carbocycles. The first-order chi connectivity index (χ1) is 12.9. The highest BCUT2D eigenvalue weighted by Crippen LogP contribution is 2.20. The fourth-order valence-corrected chi connectivity index (χ4v) is 3.10. The number of ether oxygens (including phenoxy) is 1. The molecule has 3 aromatic rings. The van der Waals surface area contributed by atoms with Gasteiger partial charge in [-0.25, -0.2) is 9.48 Å². The van der Waals surface area contributed by atoms with Crippen LogP contribution in [0.25, 0.3) is 5.69 Å². The molecule has 0 aliphatic rings. The highest BCUT2D eigenvalue weighted by molar-refractivity contribution is 6.31. The largest absolute Gasteiger partial charge is 0.451 e. The maximum absolute atomic E-state index is 12.7. The molecule has 2 aromatic carbocycles. The Morgan fingerprint density at radius 1 is 1.07 bits per heavy atom. The highest BCUT2D eigenvalue weighted by atomic mass is 35.5. The van der Waals surface area contributed by atoms with Crippen LogP contribution in [0.5, 0.6) is 0 Å². The molecule has 138 valence electrons. The molecule has 0 N–H and O–H groups in total. The van der Waals surface area contributed by atoms with Crippen molar-refractivity contribution in [1.82, 2.24) is 9.78 Å². The summed E-state index contributed by atoms with van der Waals surface area (Å²) < 4.78 is 7.11. The quantitative estimate of drug-likeness (QED) is 0.479. The van der Waals surface area contributed by atoms with Gasteiger partial charge in [-0.1, -0.05) is 41.9 Å². The number of rotatable bonds is 5. The zero-order valence-electron chi connectivity index (χ0n) is 15.3. The third kappa shape index (κ3) is 3.93. The van der Waals surface area contributed by atoms with Gasteiger partial charge in [-0.15, -0.1) is 0 Å². The average Bonchev–Trinajstić information content (AvgIpc) is 2.96. The molecule has 0 spiro atoms. The molecule has 0 aliphatic heterocycles. The number of nitrogens with zero attached hydrogens (tertiary/aromatic N) is 2. The van der Waals surface area contributed by atoms with Crippen molar-refractivity contribution in [3.8, 4) is 5.69 Å². The van der Waals surface area contributed by atoms with Gasteiger partial charge in [0.1, 0.15) is 5.56 Å². The number of hydrogen-bond donors (Lipinski definition) is 0. The Morgan fingerprint density at radius 3 is 2.44 bits per heavy atom. The summed E-state index contributed by atoms with van der Waals surface area (Å²) in [6.45, 7) is 5.09. The maximum atomic E-state index is 12.7. The lowest BCUT2D eigenvalue weighted by Gasteiger charge is -2.13. The molecular weight excluding hydrogens is 364 g/mol. The minimum Gasteiger partial charge on any atom is -0.451 e. The van der Waals surface area contributed by atoms with Gasteiger partial charge in [-0.05, 0) is 45.0 Å². The number of aromatic nitrogens is 2. The number of benzene rings is 2. The molecule has 0 amide bonds. The van der Waals surface area contributed by atoms with E-state index in [1.807, 2.05) is 30.3 Å². The van der Waals surface area contributed by atoms with E-state index in [4.69, 9.17) is 16.3 Å². The molecule has 1 heterocycles. The number of ketones is 1. The van der Waals surface area contributed by atoms with Crippen LogP contribution in [-0.4, -0.2) is 27.6 Å². The zero-order valence-corrected chi connectivity index (χ0v) is 16.0. The summed E-state index contributed by atoms with van der Waals surface area (Å²) >= 11 is 5.93. The summed E-state index contributed by atoms with van der Waals surface area (Å²) in [6.07, 6.45) is -0.935. The monoisotopic (exact) mass is 382 g/mol. The van der Waals surface area contributed by atoms with E-state index in [0.29, 0.717) is 27.5 Å². The first-order valence-electron chi connectivity index (χ1n) is 8.51. The number of halogens is 1. The summed E-state index contributed by atoms with van der Waals surface area (Å²) in [4.78, 5) is 25.2. The lowest BCUT2D eigenvalue weighted by Crippen LogP contribution is -2.25. The van der Waals surface area contributed by atoms with E-state index in [0.717, 1.165) is 5.69 Å². The standard InChI is InChI=1S/C21H19ClN2O3/c1-13-19(14(2)24(23-13)18-10-5-4-6-11-18)21(26)27-15(3)20(25)16-8-7-9-17(22)12-16/h4-12,15H,1-3H3. The first kappa shape index (κ1) is 18.9. The Bertz CT molecular complexity index is 996. The average molecular weight is 383 g/mol. The topological polar surface area (TPSA) is 61.2 Å². The van der Waals surface area contributed by atoms with Gasteiger partial charge in [-0.3, -0.25) is 4.79 Å². The summed E-state index contributed by atoms with van der Waals surface area (Å²) in [5.74, 6) is -0.883. The van der Waals surface area contributed by atoms with Gasteiger partial charge in [-0.2, -0.15) is 5.10 Å². The Hall–Kier alpha value is -2.92. The van der Waals surface area contributed by atoms with Crippen LogP contribution in [0.2, 0.25) is 5.02 Å². The van der Waals surface area contributed by atoms with Gasteiger partial charge in [0.25, 0.3) is 0 Å². The number of carbonyl (C=O) groups is 2. The van der Waals surface area contributed by atoms with E-state index in [1.165, 1.54) is 0 Å². The Kier molecular flexibility index (Phi) is 5.42. The molecule has 5 nitrogen and oxygen atoms in total. The second-order valence-corrected chi connectivity index (χ2v) is 6.65. The van der Waals surface area contributed by atoms with Crippen molar-refractivity contribution in [3.63, 3.8) is 0 Å². The van der Waals surface area contributed by atoms with Crippen LogP contribution in [-0.2, 0) is 4.74 Å². The maximum Gasteiger partial charge on any atom is 0.342 e. The van der Waals surface area contributed by atoms with Crippen LogP contribution in [0.15, 0.2) is 54.6 Å². The summed E-state index contributed by atoms with van der Waals surface area (Å²) in [6, 6.07) is 16.1. The van der Waals surface area contributed by atoms with Crippen molar-refractivity contribution in [3.05, 3.63) is 82.1 Å². The van der Waals surface area contributed by atoms with Crippen molar-refractivity contribution in [1.29, 1.82) is 0 Å². The zero-order chi connectivity index (χ0) is 19.6. The molecule has 3 rings (SSSR count). The van der Waals surface area contributed by atoms with E-state index in [9.17, 15) is 9.59 Å². The van der Waals surface area contributed by atoms with Crippen LogP contribution in [0.3, 0.4) is 0 Å². The first-order valence-corrected chi connectivity index (χ1v) is 8.88. The minimum atomic E-state index is -0.935. The number of esters is 1. The van der Waals surface area contributed by atoms with Crippen LogP contribution in [0, 0.1) is 13.8 Å². The van der Waals surface area contributed by atoms with Crippen molar-refractivity contribution < 1.29 is 14.3 Å². The molecule has 1 aromatic heterocycles. The molecule has 0 bridgehead atoms. The third-order valence-corrected chi connectivity index (χ3v) is 4.49. The van der Waals surface area contributed by atoms with Gasteiger partial charge in [0.05, 0.1) is 17.1 Å². The Balaban J connectivity index is 1.82. The Labute approximate surface area is 162 Å². The number of carbonyl (C=O) groups excluding carboxylic acids is 2. The minimum absolute atomic E-state index is 0.309. The van der Waals surface area contributed by atoms with Crippen LogP contribution >= 0.6 is 11.6 Å². The van der Waals surface area contributed by atoms with Gasteiger partial charge in [0, 0.05) is 10.6 Å². The fourth-order valence-electron chi connectivity index (χ4n) is 2.91. The molecule has 0 saturated heterocycles. The SMILES string of the molecule is Cc1nn(-c2ccccc2)c(C)c1C(=O)OC(C)C(=O)c1cccc(Cl)c1.